The van der Waals surface area contributed by atoms with Crippen molar-refractivity contribution in [2.24, 2.45) is 0 Å². The molecule has 0 bridgehead atoms. The van der Waals surface area contributed by atoms with Crippen LogP contribution in [0.2, 0.25) is 0 Å². The fraction of sp³-hybridized carbons (Fsp3) is 0.455. The van der Waals surface area contributed by atoms with Crippen molar-refractivity contribution in [1.82, 2.24) is 4.90 Å². The summed E-state index contributed by atoms with van der Waals surface area (Å²) in [5, 5.41) is 0. The number of rotatable bonds is 7. The molecule has 0 radical (unpaired) electrons. The largest absolute Gasteiger partial charge is 0.496 e. The van der Waals surface area contributed by atoms with E-state index in [-0.39, 0.29) is 0 Å². The van der Waals surface area contributed by atoms with Crippen LogP contribution in [-0.2, 0) is 6.42 Å². The van der Waals surface area contributed by atoms with E-state index < -0.39 is 0 Å². The van der Waals surface area contributed by atoms with Gasteiger partial charge in [0.05, 0.1) is 21.3 Å². The third-order valence-electron chi connectivity index (χ3n) is 5.28. The maximum Gasteiger partial charge on any atom is 0.160 e. The van der Waals surface area contributed by atoms with Crippen molar-refractivity contribution in [2.45, 2.75) is 13.3 Å². The van der Waals surface area contributed by atoms with E-state index in [1.54, 1.807) is 21.3 Å². The first-order valence-corrected chi connectivity index (χ1v) is 9.47. The summed E-state index contributed by atoms with van der Waals surface area (Å²) in [7, 11) is 5.07. The standard InChI is InChI=1S/C22H30N2O3/c1-17-15-19(6-8-20(17)25-2)24-13-11-23(12-14-24)10-9-18-5-7-21(26-3)22(16-18)27-4/h5-8,15-16H,9-14H2,1-4H3. The summed E-state index contributed by atoms with van der Waals surface area (Å²) < 4.78 is 16.1. The van der Waals surface area contributed by atoms with Crippen LogP contribution < -0.4 is 19.1 Å². The Morgan fingerprint density at radius 3 is 2.07 bits per heavy atom. The lowest BCUT2D eigenvalue weighted by Crippen LogP contribution is -2.47. The summed E-state index contributed by atoms with van der Waals surface area (Å²) in [6.07, 6.45) is 1.02. The van der Waals surface area contributed by atoms with Gasteiger partial charge in [0.2, 0.25) is 0 Å². The molecule has 0 unspecified atom stereocenters. The van der Waals surface area contributed by atoms with Crippen molar-refractivity contribution in [1.29, 1.82) is 0 Å². The molecule has 0 atom stereocenters. The van der Waals surface area contributed by atoms with E-state index in [2.05, 4.69) is 47.1 Å². The van der Waals surface area contributed by atoms with E-state index in [9.17, 15) is 0 Å². The zero-order valence-corrected chi connectivity index (χ0v) is 16.8. The van der Waals surface area contributed by atoms with Gasteiger partial charge >= 0.3 is 0 Å². The number of benzene rings is 2. The molecule has 0 N–H and O–H groups in total. The van der Waals surface area contributed by atoms with Crippen LogP contribution in [0.25, 0.3) is 0 Å². The van der Waals surface area contributed by atoms with Gasteiger partial charge in [-0.15, -0.1) is 0 Å². The van der Waals surface area contributed by atoms with Crippen molar-refractivity contribution < 1.29 is 14.2 Å². The number of anilines is 1. The average Bonchev–Trinajstić information content (AvgIpc) is 2.72. The minimum absolute atomic E-state index is 0.782. The smallest absolute Gasteiger partial charge is 0.160 e. The van der Waals surface area contributed by atoms with Crippen molar-refractivity contribution >= 4 is 5.69 Å². The third-order valence-corrected chi connectivity index (χ3v) is 5.28. The Kier molecular flexibility index (Phi) is 6.45. The van der Waals surface area contributed by atoms with E-state index in [0.29, 0.717) is 0 Å². The van der Waals surface area contributed by atoms with Crippen LogP contribution in [-0.4, -0.2) is 59.0 Å². The lowest BCUT2D eigenvalue weighted by Gasteiger charge is -2.36. The van der Waals surface area contributed by atoms with E-state index >= 15 is 0 Å². The van der Waals surface area contributed by atoms with Crippen molar-refractivity contribution in [3.05, 3.63) is 47.5 Å². The average molecular weight is 370 g/mol. The maximum atomic E-state index is 5.40. The molecule has 1 aliphatic heterocycles. The highest BCUT2D eigenvalue weighted by molar-refractivity contribution is 5.53. The monoisotopic (exact) mass is 370 g/mol. The second kappa shape index (κ2) is 9.00. The first-order valence-electron chi connectivity index (χ1n) is 9.47. The number of ether oxygens (including phenoxy) is 3. The van der Waals surface area contributed by atoms with Crippen LogP contribution in [0.15, 0.2) is 36.4 Å². The van der Waals surface area contributed by atoms with Crippen molar-refractivity contribution in [3.8, 4) is 17.2 Å². The summed E-state index contributed by atoms with van der Waals surface area (Å²) in [5.74, 6) is 2.53. The molecule has 2 aromatic rings. The molecule has 146 valence electrons. The second-order valence-corrected chi connectivity index (χ2v) is 6.92. The Morgan fingerprint density at radius 1 is 0.778 bits per heavy atom. The highest BCUT2D eigenvalue weighted by Gasteiger charge is 2.18. The Morgan fingerprint density at radius 2 is 1.44 bits per heavy atom. The Hall–Kier alpha value is -2.40. The molecule has 0 aromatic heterocycles. The first kappa shape index (κ1) is 19.4. The number of piperazine rings is 1. The van der Waals surface area contributed by atoms with Gasteiger partial charge in [-0.2, -0.15) is 0 Å². The van der Waals surface area contributed by atoms with Crippen molar-refractivity contribution in [3.63, 3.8) is 0 Å². The predicted octanol–water partition coefficient (Wildman–Crippen LogP) is 3.39. The second-order valence-electron chi connectivity index (χ2n) is 6.92. The first-order chi connectivity index (χ1) is 13.1. The molecular weight excluding hydrogens is 340 g/mol. The lowest BCUT2D eigenvalue weighted by atomic mass is 10.1. The summed E-state index contributed by atoms with van der Waals surface area (Å²) in [6, 6.07) is 12.6. The Labute approximate surface area is 162 Å². The number of hydrogen-bond acceptors (Lipinski definition) is 5. The molecule has 5 nitrogen and oxygen atoms in total. The zero-order valence-electron chi connectivity index (χ0n) is 16.8. The SMILES string of the molecule is COc1ccc(N2CCN(CCc3ccc(OC)c(OC)c3)CC2)cc1C. The van der Waals surface area contributed by atoms with Crippen LogP contribution in [0.4, 0.5) is 5.69 Å². The molecular formula is C22H30N2O3. The maximum absolute atomic E-state index is 5.40. The van der Waals surface area contributed by atoms with Crippen LogP contribution in [0.1, 0.15) is 11.1 Å². The normalized spacial score (nSPS) is 14.9. The molecule has 0 saturated carbocycles. The lowest BCUT2D eigenvalue weighted by molar-refractivity contribution is 0.261. The van der Waals surface area contributed by atoms with Crippen LogP contribution in [0.5, 0.6) is 17.2 Å². The number of aryl methyl sites for hydroxylation is 1. The van der Waals surface area contributed by atoms with Gasteiger partial charge in [-0.1, -0.05) is 6.07 Å². The molecule has 1 aliphatic rings. The van der Waals surface area contributed by atoms with Crippen molar-refractivity contribution in [2.75, 3.05) is 59.0 Å². The van der Waals surface area contributed by atoms with E-state index in [0.717, 1.165) is 56.4 Å². The van der Waals surface area contributed by atoms with Gasteiger partial charge in [0.1, 0.15) is 5.75 Å². The minimum atomic E-state index is 0.782. The van der Waals surface area contributed by atoms with E-state index in [1.165, 1.54) is 16.8 Å². The molecule has 1 fully saturated rings. The van der Waals surface area contributed by atoms with Crippen LogP contribution in [0.3, 0.4) is 0 Å². The quantitative estimate of drug-likeness (QED) is 0.746. The molecule has 3 rings (SSSR count). The molecule has 27 heavy (non-hydrogen) atoms. The zero-order chi connectivity index (χ0) is 19.2. The molecule has 0 aliphatic carbocycles. The summed E-state index contributed by atoms with van der Waals surface area (Å²) >= 11 is 0. The fourth-order valence-electron chi connectivity index (χ4n) is 3.61. The summed E-state index contributed by atoms with van der Waals surface area (Å²) in [5.41, 5.74) is 3.75. The summed E-state index contributed by atoms with van der Waals surface area (Å²) in [4.78, 5) is 4.99. The van der Waals surface area contributed by atoms with Gasteiger partial charge in [0.25, 0.3) is 0 Å². The van der Waals surface area contributed by atoms with E-state index in [1.807, 2.05) is 6.07 Å². The Bertz CT molecular complexity index is 755. The van der Waals surface area contributed by atoms with Gasteiger partial charge < -0.3 is 19.1 Å². The molecule has 5 heteroatoms. The topological polar surface area (TPSA) is 34.2 Å². The molecule has 1 saturated heterocycles. The molecule has 1 heterocycles. The minimum Gasteiger partial charge on any atom is -0.496 e. The predicted molar refractivity (Wildman–Crippen MR) is 110 cm³/mol. The fourth-order valence-corrected chi connectivity index (χ4v) is 3.61. The highest BCUT2D eigenvalue weighted by atomic mass is 16.5. The van der Waals surface area contributed by atoms with Gasteiger partial charge in [-0.25, -0.2) is 0 Å². The van der Waals surface area contributed by atoms with Gasteiger partial charge in [-0.3, -0.25) is 4.90 Å². The number of hydrogen-bond donors (Lipinski definition) is 0. The number of nitrogens with zero attached hydrogens (tertiary/aromatic N) is 2. The van der Waals surface area contributed by atoms with Crippen LogP contribution >= 0.6 is 0 Å². The third kappa shape index (κ3) is 4.66. The molecule has 0 spiro atoms. The summed E-state index contributed by atoms with van der Waals surface area (Å²) in [6.45, 7) is 7.43. The van der Waals surface area contributed by atoms with Gasteiger partial charge in [-0.05, 0) is 54.8 Å². The van der Waals surface area contributed by atoms with Crippen LogP contribution in [0, 0.1) is 6.92 Å². The highest BCUT2D eigenvalue weighted by Crippen LogP contribution is 2.28. The Balaban J connectivity index is 1.52. The van der Waals surface area contributed by atoms with Gasteiger partial charge in [0, 0.05) is 38.4 Å². The molecule has 2 aromatic carbocycles. The number of methoxy groups -OCH3 is 3. The van der Waals surface area contributed by atoms with Gasteiger partial charge in [0.15, 0.2) is 11.5 Å². The molecule has 0 amide bonds. The van der Waals surface area contributed by atoms with E-state index in [4.69, 9.17) is 14.2 Å².